The maximum Gasteiger partial charge on any atom is 0.328 e. The second kappa shape index (κ2) is 5.88. The van der Waals surface area contributed by atoms with Crippen molar-refractivity contribution in [2.75, 3.05) is 11.4 Å². The van der Waals surface area contributed by atoms with Gasteiger partial charge in [0.05, 0.1) is 0 Å². The molecule has 4 heteroatoms. The van der Waals surface area contributed by atoms with Gasteiger partial charge in [0.1, 0.15) is 5.82 Å². The molecule has 0 aromatic carbocycles. The number of anilines is 1. The van der Waals surface area contributed by atoms with Crippen molar-refractivity contribution in [1.82, 2.24) is 4.98 Å². The molecule has 2 unspecified atom stereocenters. The summed E-state index contributed by atoms with van der Waals surface area (Å²) in [6.45, 7) is 3.17. The molecule has 1 aliphatic heterocycles. The van der Waals surface area contributed by atoms with Crippen LogP contribution in [-0.2, 0) is 4.79 Å². The molecular formula is C17H22N2O2. The van der Waals surface area contributed by atoms with Crippen LogP contribution in [-0.4, -0.2) is 28.6 Å². The van der Waals surface area contributed by atoms with Crippen molar-refractivity contribution in [3.05, 3.63) is 29.5 Å². The molecule has 1 aromatic heterocycles. The van der Waals surface area contributed by atoms with Gasteiger partial charge in [-0.25, -0.2) is 9.78 Å². The molecule has 3 rings (SSSR count). The van der Waals surface area contributed by atoms with Crippen LogP contribution in [0.3, 0.4) is 0 Å². The topological polar surface area (TPSA) is 53.4 Å². The zero-order chi connectivity index (χ0) is 14.8. The summed E-state index contributed by atoms with van der Waals surface area (Å²) in [5, 5.41) is 8.69. The van der Waals surface area contributed by atoms with Crippen LogP contribution in [0.4, 0.5) is 5.82 Å². The Kier molecular flexibility index (Phi) is 3.95. The van der Waals surface area contributed by atoms with Crippen LogP contribution in [0, 0.1) is 12.8 Å². The molecule has 2 fully saturated rings. The van der Waals surface area contributed by atoms with Crippen molar-refractivity contribution in [1.29, 1.82) is 0 Å². The molecule has 112 valence electrons. The molecule has 1 aromatic rings. The van der Waals surface area contributed by atoms with E-state index < -0.39 is 5.97 Å². The molecule has 0 spiro atoms. The van der Waals surface area contributed by atoms with Gasteiger partial charge in [-0.3, -0.25) is 0 Å². The van der Waals surface area contributed by atoms with Crippen LogP contribution in [0.5, 0.6) is 0 Å². The second-order valence-corrected chi connectivity index (χ2v) is 6.17. The highest BCUT2D eigenvalue weighted by Crippen LogP contribution is 2.39. The number of carboxylic acid groups (broad SMARTS) is 1. The van der Waals surface area contributed by atoms with E-state index >= 15 is 0 Å². The Morgan fingerprint density at radius 1 is 1.38 bits per heavy atom. The first-order valence-electron chi connectivity index (χ1n) is 7.79. The molecule has 1 saturated carbocycles. The number of aryl methyl sites for hydroxylation is 1. The maximum atomic E-state index is 10.6. The first kappa shape index (κ1) is 14.1. The summed E-state index contributed by atoms with van der Waals surface area (Å²) in [4.78, 5) is 17.7. The van der Waals surface area contributed by atoms with E-state index in [0.717, 1.165) is 35.5 Å². The van der Waals surface area contributed by atoms with Gasteiger partial charge in [0.25, 0.3) is 0 Å². The Hall–Kier alpha value is -1.84. The quantitative estimate of drug-likeness (QED) is 0.867. The van der Waals surface area contributed by atoms with Crippen molar-refractivity contribution in [3.8, 4) is 0 Å². The van der Waals surface area contributed by atoms with Gasteiger partial charge in [0, 0.05) is 24.9 Å². The zero-order valence-electron chi connectivity index (χ0n) is 12.5. The van der Waals surface area contributed by atoms with Crippen LogP contribution in [0.2, 0.25) is 0 Å². The predicted molar refractivity (Wildman–Crippen MR) is 83.4 cm³/mol. The zero-order valence-corrected chi connectivity index (χ0v) is 12.5. The van der Waals surface area contributed by atoms with Gasteiger partial charge < -0.3 is 10.0 Å². The van der Waals surface area contributed by atoms with E-state index in [0.29, 0.717) is 6.04 Å². The lowest BCUT2D eigenvalue weighted by molar-refractivity contribution is -0.131. The fourth-order valence-electron chi connectivity index (χ4n) is 3.82. The smallest absolute Gasteiger partial charge is 0.328 e. The minimum absolute atomic E-state index is 0.658. The van der Waals surface area contributed by atoms with E-state index in [-0.39, 0.29) is 0 Å². The summed E-state index contributed by atoms with van der Waals surface area (Å²) in [6.07, 6.45) is 11.2. The van der Waals surface area contributed by atoms with E-state index in [1.54, 1.807) is 12.3 Å². The summed E-state index contributed by atoms with van der Waals surface area (Å²) in [6, 6.07) is 2.68. The van der Waals surface area contributed by atoms with Gasteiger partial charge in [-0.2, -0.15) is 0 Å². The lowest BCUT2D eigenvalue weighted by Crippen LogP contribution is -2.35. The van der Waals surface area contributed by atoms with Crippen LogP contribution in [0.15, 0.2) is 18.3 Å². The number of hydrogen-bond donors (Lipinski definition) is 1. The number of carboxylic acids is 1. The third-order valence-corrected chi connectivity index (χ3v) is 4.77. The van der Waals surface area contributed by atoms with Crippen molar-refractivity contribution >= 4 is 17.9 Å². The van der Waals surface area contributed by atoms with Gasteiger partial charge >= 0.3 is 5.97 Å². The number of rotatable bonds is 3. The Morgan fingerprint density at radius 2 is 2.19 bits per heavy atom. The third-order valence-electron chi connectivity index (χ3n) is 4.77. The van der Waals surface area contributed by atoms with Crippen molar-refractivity contribution in [2.24, 2.45) is 5.92 Å². The maximum absolute atomic E-state index is 10.6. The number of aliphatic carboxylic acids is 1. The highest BCUT2D eigenvalue weighted by atomic mass is 16.4. The number of aromatic nitrogens is 1. The molecule has 21 heavy (non-hydrogen) atoms. The molecule has 0 amide bonds. The van der Waals surface area contributed by atoms with Crippen molar-refractivity contribution in [3.63, 3.8) is 0 Å². The minimum Gasteiger partial charge on any atom is -0.478 e. The number of carbonyl (C=O) groups is 1. The van der Waals surface area contributed by atoms with E-state index in [1.807, 2.05) is 6.07 Å². The van der Waals surface area contributed by atoms with E-state index in [4.69, 9.17) is 5.11 Å². The molecule has 2 heterocycles. The van der Waals surface area contributed by atoms with Crippen LogP contribution in [0.25, 0.3) is 6.08 Å². The number of nitrogens with zero attached hydrogens (tertiary/aromatic N) is 2. The molecule has 2 aliphatic rings. The third kappa shape index (κ3) is 2.94. The number of hydrogen-bond acceptors (Lipinski definition) is 3. The van der Waals surface area contributed by atoms with Gasteiger partial charge in [0.2, 0.25) is 0 Å². The van der Waals surface area contributed by atoms with E-state index in [1.165, 1.54) is 32.1 Å². The van der Waals surface area contributed by atoms with Gasteiger partial charge in [0.15, 0.2) is 0 Å². The van der Waals surface area contributed by atoms with Crippen LogP contribution >= 0.6 is 0 Å². The van der Waals surface area contributed by atoms with Gasteiger partial charge in [-0.05, 0) is 55.4 Å². The predicted octanol–water partition coefficient (Wildman–Crippen LogP) is 3.26. The molecule has 1 N–H and O–H groups in total. The first-order chi connectivity index (χ1) is 10.1. The minimum atomic E-state index is -0.929. The normalized spacial score (nSPS) is 25.3. The monoisotopic (exact) mass is 286 g/mol. The molecule has 0 bridgehead atoms. The van der Waals surface area contributed by atoms with Crippen molar-refractivity contribution in [2.45, 2.75) is 45.1 Å². The van der Waals surface area contributed by atoms with E-state index in [2.05, 4.69) is 16.8 Å². The largest absolute Gasteiger partial charge is 0.478 e. The van der Waals surface area contributed by atoms with Gasteiger partial charge in [-0.15, -0.1) is 0 Å². The summed E-state index contributed by atoms with van der Waals surface area (Å²) < 4.78 is 0. The summed E-state index contributed by atoms with van der Waals surface area (Å²) in [7, 11) is 0. The summed E-state index contributed by atoms with van der Waals surface area (Å²) >= 11 is 0. The molecular weight excluding hydrogens is 264 g/mol. The lowest BCUT2D eigenvalue weighted by Gasteiger charge is -2.33. The van der Waals surface area contributed by atoms with Crippen LogP contribution in [0.1, 0.15) is 43.2 Å². The average Bonchev–Trinajstić information content (AvgIpc) is 2.89. The summed E-state index contributed by atoms with van der Waals surface area (Å²) in [5.41, 5.74) is 1.98. The molecule has 0 radical (unpaired) electrons. The van der Waals surface area contributed by atoms with E-state index in [9.17, 15) is 4.79 Å². The first-order valence-corrected chi connectivity index (χ1v) is 7.79. The standard InChI is InChI=1S/C17H22N2O2/c1-12-10-13(6-7-16(20)21)11-18-17(12)19-9-8-14-4-2-3-5-15(14)19/h6-7,10-11,14-15H,2-5,8-9H2,1H3,(H,20,21)/b7-6+. The lowest BCUT2D eigenvalue weighted by atomic mass is 9.85. The SMILES string of the molecule is Cc1cc(/C=C/C(=O)O)cnc1N1CCC2CCCCC21. The molecule has 4 nitrogen and oxygen atoms in total. The number of pyridine rings is 1. The Labute approximate surface area is 125 Å². The van der Waals surface area contributed by atoms with Crippen molar-refractivity contribution < 1.29 is 9.90 Å². The highest BCUT2D eigenvalue weighted by Gasteiger charge is 2.36. The fraction of sp³-hybridized carbons (Fsp3) is 0.529. The Bertz CT molecular complexity index is 568. The van der Waals surface area contributed by atoms with Crippen LogP contribution < -0.4 is 4.90 Å². The molecule has 2 atom stereocenters. The summed E-state index contributed by atoms with van der Waals surface area (Å²) in [5.74, 6) is 0.990. The average molecular weight is 286 g/mol. The highest BCUT2D eigenvalue weighted by molar-refractivity contribution is 5.85. The number of fused-ring (bicyclic) bond motifs is 1. The molecule has 1 aliphatic carbocycles. The Morgan fingerprint density at radius 3 is 2.95 bits per heavy atom. The fourth-order valence-corrected chi connectivity index (χ4v) is 3.82. The Balaban J connectivity index is 1.81. The van der Waals surface area contributed by atoms with Gasteiger partial charge in [-0.1, -0.05) is 12.8 Å². The molecule has 1 saturated heterocycles. The second-order valence-electron chi connectivity index (χ2n) is 6.17.